The average molecular weight is 426 g/mol. The van der Waals surface area contributed by atoms with E-state index in [1.165, 1.54) is 12.5 Å². The Labute approximate surface area is 183 Å². The van der Waals surface area contributed by atoms with Gasteiger partial charge in [-0.3, -0.25) is 9.69 Å². The van der Waals surface area contributed by atoms with E-state index in [0.717, 1.165) is 38.1 Å². The molecule has 3 N–H and O–H groups in total. The zero-order valence-electron chi connectivity index (χ0n) is 18.2. The van der Waals surface area contributed by atoms with Crippen LogP contribution < -0.4 is 25.3 Å². The Morgan fingerprint density at radius 1 is 1.26 bits per heavy atom. The summed E-state index contributed by atoms with van der Waals surface area (Å²) < 4.78 is 17.8. The zero-order valence-corrected chi connectivity index (χ0v) is 18.2. The van der Waals surface area contributed by atoms with Gasteiger partial charge >= 0.3 is 0 Å². The van der Waals surface area contributed by atoms with Crippen LogP contribution in [0.5, 0.6) is 17.2 Å². The Morgan fingerprint density at radius 2 is 2.03 bits per heavy atom. The lowest BCUT2D eigenvalue weighted by Gasteiger charge is -2.41. The molecule has 0 bridgehead atoms. The predicted octanol–water partition coefficient (Wildman–Crippen LogP) is 2.83. The largest absolute Gasteiger partial charge is 0.497 e. The molecule has 2 heterocycles. The second-order valence-corrected chi connectivity index (χ2v) is 8.35. The molecule has 4 rings (SSSR count). The van der Waals surface area contributed by atoms with Crippen LogP contribution >= 0.6 is 0 Å². The van der Waals surface area contributed by atoms with Crippen LogP contribution in [-0.4, -0.2) is 55.8 Å². The summed E-state index contributed by atoms with van der Waals surface area (Å²) in [7, 11) is 1.60. The van der Waals surface area contributed by atoms with E-state index in [0.29, 0.717) is 30.3 Å². The molecule has 2 aromatic rings. The Kier molecular flexibility index (Phi) is 6.34. The summed E-state index contributed by atoms with van der Waals surface area (Å²) in [5, 5.41) is 2.81. The van der Waals surface area contributed by atoms with E-state index in [4.69, 9.17) is 19.9 Å². The lowest BCUT2D eigenvalue weighted by atomic mass is 9.86. The van der Waals surface area contributed by atoms with Crippen molar-refractivity contribution in [1.29, 1.82) is 0 Å². The minimum Gasteiger partial charge on any atom is -0.497 e. The highest BCUT2D eigenvalue weighted by Gasteiger charge is 2.42. The first-order valence-electron chi connectivity index (χ1n) is 10.8. The van der Waals surface area contributed by atoms with Gasteiger partial charge in [-0.1, -0.05) is 18.2 Å². The number of piperidine rings is 1. The summed E-state index contributed by atoms with van der Waals surface area (Å²) in [5.41, 5.74) is 7.95. The third-order valence-electron chi connectivity index (χ3n) is 6.24. The van der Waals surface area contributed by atoms with E-state index in [-0.39, 0.29) is 17.6 Å². The zero-order chi connectivity index (χ0) is 21.8. The molecule has 31 heavy (non-hydrogen) atoms. The van der Waals surface area contributed by atoms with Gasteiger partial charge in [0.15, 0.2) is 0 Å². The van der Waals surface area contributed by atoms with Gasteiger partial charge in [-0.25, -0.2) is 0 Å². The third kappa shape index (κ3) is 4.78. The van der Waals surface area contributed by atoms with E-state index in [2.05, 4.69) is 28.4 Å². The molecule has 0 aliphatic carbocycles. The Hall–Kier alpha value is -2.77. The van der Waals surface area contributed by atoms with Gasteiger partial charge in [0.25, 0.3) is 0 Å². The van der Waals surface area contributed by atoms with Crippen LogP contribution in [0.2, 0.25) is 0 Å². The number of para-hydroxylation sites is 1. The summed E-state index contributed by atoms with van der Waals surface area (Å²) in [4.78, 5) is 13.9. The number of nitrogens with one attached hydrogen (secondary N) is 1. The lowest BCUT2D eigenvalue weighted by Crippen LogP contribution is -2.53. The van der Waals surface area contributed by atoms with Gasteiger partial charge in [0.2, 0.25) is 5.91 Å². The van der Waals surface area contributed by atoms with Crippen LogP contribution in [0.4, 0.5) is 5.69 Å². The van der Waals surface area contributed by atoms with Gasteiger partial charge < -0.3 is 25.3 Å². The van der Waals surface area contributed by atoms with Crippen molar-refractivity contribution in [2.75, 3.05) is 38.7 Å². The summed E-state index contributed by atoms with van der Waals surface area (Å²) >= 11 is 0. The lowest BCUT2D eigenvalue weighted by molar-refractivity contribution is -0.114. The molecule has 1 amide bonds. The quantitative estimate of drug-likeness (QED) is 0.710. The Bertz CT molecular complexity index is 898. The first-order chi connectivity index (χ1) is 15.0. The van der Waals surface area contributed by atoms with E-state index < -0.39 is 0 Å². The second-order valence-electron chi connectivity index (χ2n) is 8.35. The molecule has 1 atom stereocenters. The molecule has 2 aromatic carbocycles. The van der Waals surface area contributed by atoms with Crippen molar-refractivity contribution in [1.82, 2.24) is 4.90 Å². The molecule has 7 nitrogen and oxygen atoms in total. The van der Waals surface area contributed by atoms with Crippen molar-refractivity contribution in [3.8, 4) is 17.2 Å². The van der Waals surface area contributed by atoms with Gasteiger partial charge in [-0.15, -0.1) is 0 Å². The molecule has 2 aliphatic heterocycles. The molecule has 7 heteroatoms. The van der Waals surface area contributed by atoms with E-state index >= 15 is 0 Å². The topological polar surface area (TPSA) is 86.0 Å². The van der Waals surface area contributed by atoms with E-state index in [9.17, 15) is 4.79 Å². The van der Waals surface area contributed by atoms with Crippen molar-refractivity contribution in [2.24, 2.45) is 5.73 Å². The normalized spacial score (nSPS) is 18.2. The fourth-order valence-electron chi connectivity index (χ4n) is 4.49. The summed E-state index contributed by atoms with van der Waals surface area (Å²) in [5.74, 6) is 2.13. The number of carbonyl (C=O) groups excluding carboxylic acids is 1. The summed E-state index contributed by atoms with van der Waals surface area (Å²) in [6, 6.07) is 13.8. The van der Waals surface area contributed by atoms with Gasteiger partial charge in [0.1, 0.15) is 29.5 Å². The van der Waals surface area contributed by atoms with Crippen LogP contribution in [0.1, 0.15) is 25.3 Å². The number of benzene rings is 2. The van der Waals surface area contributed by atoms with Crippen molar-refractivity contribution >= 4 is 11.6 Å². The van der Waals surface area contributed by atoms with Gasteiger partial charge in [-0.2, -0.15) is 0 Å². The van der Waals surface area contributed by atoms with Gasteiger partial charge in [-0.05, 0) is 23.8 Å². The number of likely N-dealkylation sites (tertiary alicyclic amines) is 1. The highest BCUT2D eigenvalue weighted by Crippen LogP contribution is 2.41. The standard InChI is InChI=1S/C24H31N3O4/c1-17(28)26-21-8-7-20(29-2)13-23(21)30-16-19(15-25)27-11-9-24(10-12-27)14-18-5-3-4-6-22(18)31-24/h3-8,13,19H,9-12,14-16,25H2,1-2H3,(H,26,28). The number of hydrogen-bond acceptors (Lipinski definition) is 6. The maximum absolute atomic E-state index is 11.5. The van der Waals surface area contributed by atoms with Crippen LogP contribution in [0.25, 0.3) is 0 Å². The third-order valence-corrected chi connectivity index (χ3v) is 6.24. The molecule has 1 spiro atoms. The maximum atomic E-state index is 11.5. The molecule has 0 aromatic heterocycles. The Balaban J connectivity index is 1.37. The smallest absolute Gasteiger partial charge is 0.221 e. The number of anilines is 1. The van der Waals surface area contributed by atoms with Crippen LogP contribution in [-0.2, 0) is 11.2 Å². The van der Waals surface area contributed by atoms with Crippen molar-refractivity contribution in [2.45, 2.75) is 37.8 Å². The van der Waals surface area contributed by atoms with E-state index in [1.807, 2.05) is 6.07 Å². The molecule has 0 saturated carbocycles. The molecule has 166 valence electrons. The number of hydrogen-bond donors (Lipinski definition) is 2. The van der Waals surface area contributed by atoms with Gasteiger partial charge in [0.05, 0.1) is 18.8 Å². The molecule has 1 unspecified atom stereocenters. The summed E-state index contributed by atoms with van der Waals surface area (Å²) in [6.45, 7) is 4.23. The molecular weight excluding hydrogens is 394 g/mol. The number of ether oxygens (including phenoxy) is 3. The minimum absolute atomic E-state index is 0.0810. The molecule has 1 fully saturated rings. The van der Waals surface area contributed by atoms with Crippen LogP contribution in [0, 0.1) is 0 Å². The first kappa shape index (κ1) is 21.5. The molecule has 2 aliphatic rings. The number of methoxy groups -OCH3 is 1. The van der Waals surface area contributed by atoms with Gasteiger partial charge in [0, 0.05) is 51.9 Å². The monoisotopic (exact) mass is 425 g/mol. The predicted molar refractivity (Wildman–Crippen MR) is 120 cm³/mol. The molecular formula is C24H31N3O4. The molecule has 1 saturated heterocycles. The number of carbonyl (C=O) groups is 1. The fraction of sp³-hybridized carbons (Fsp3) is 0.458. The van der Waals surface area contributed by atoms with E-state index in [1.54, 1.807) is 25.3 Å². The van der Waals surface area contributed by atoms with Crippen molar-refractivity contribution in [3.63, 3.8) is 0 Å². The van der Waals surface area contributed by atoms with Crippen molar-refractivity contribution < 1.29 is 19.0 Å². The fourth-order valence-corrected chi connectivity index (χ4v) is 4.49. The SMILES string of the molecule is COc1ccc(NC(C)=O)c(OCC(CN)N2CCC3(CC2)Cc2ccccc2O3)c1. The minimum atomic E-state index is -0.149. The number of fused-ring (bicyclic) bond motifs is 1. The number of amides is 1. The molecule has 0 radical (unpaired) electrons. The average Bonchev–Trinajstić information content (AvgIpc) is 3.13. The van der Waals surface area contributed by atoms with Crippen LogP contribution in [0.15, 0.2) is 42.5 Å². The van der Waals surface area contributed by atoms with Crippen LogP contribution in [0.3, 0.4) is 0 Å². The number of rotatable bonds is 7. The first-order valence-corrected chi connectivity index (χ1v) is 10.8. The maximum Gasteiger partial charge on any atom is 0.221 e. The second kappa shape index (κ2) is 9.16. The highest BCUT2D eigenvalue weighted by molar-refractivity contribution is 5.90. The summed E-state index contributed by atoms with van der Waals surface area (Å²) in [6.07, 6.45) is 2.91. The Morgan fingerprint density at radius 3 is 2.71 bits per heavy atom. The highest BCUT2D eigenvalue weighted by atomic mass is 16.5. The van der Waals surface area contributed by atoms with Crippen molar-refractivity contribution in [3.05, 3.63) is 48.0 Å². The number of nitrogens with zero attached hydrogens (tertiary/aromatic N) is 1. The number of nitrogens with two attached hydrogens (primary N) is 1.